The molecule has 0 amide bonds. The summed E-state index contributed by atoms with van der Waals surface area (Å²) >= 11 is 1.57. The molecule has 0 saturated carbocycles. The molecule has 2 heterocycles. The van der Waals surface area contributed by atoms with E-state index < -0.39 is 0 Å². The van der Waals surface area contributed by atoms with Gasteiger partial charge in [0, 0.05) is 0 Å². The summed E-state index contributed by atoms with van der Waals surface area (Å²) in [4.78, 5) is 9.56. The van der Waals surface area contributed by atoms with Crippen LogP contribution in [0.1, 0.15) is 26.1 Å². The molecule has 16 heavy (non-hydrogen) atoms. The molecule has 86 valence electrons. The van der Waals surface area contributed by atoms with E-state index in [0.717, 1.165) is 16.6 Å². The third-order valence-electron chi connectivity index (χ3n) is 2.47. The largest absolute Gasteiger partial charge is 0.383 e. The summed E-state index contributed by atoms with van der Waals surface area (Å²) in [7, 11) is 0. The predicted molar refractivity (Wildman–Crippen MR) is 66.4 cm³/mol. The highest BCUT2D eigenvalue weighted by molar-refractivity contribution is 7.16. The lowest BCUT2D eigenvalue weighted by atomic mass is 10.3. The Morgan fingerprint density at radius 1 is 1.50 bits per heavy atom. The summed E-state index contributed by atoms with van der Waals surface area (Å²) in [6.45, 7) is 4.54. The van der Waals surface area contributed by atoms with Gasteiger partial charge in [-0.15, -0.1) is 11.3 Å². The molecule has 0 radical (unpaired) electrons. The van der Waals surface area contributed by atoms with Crippen LogP contribution in [0.5, 0.6) is 0 Å². The first-order chi connectivity index (χ1) is 7.70. The van der Waals surface area contributed by atoms with E-state index in [1.165, 1.54) is 0 Å². The van der Waals surface area contributed by atoms with Crippen LogP contribution in [0.3, 0.4) is 0 Å². The molecule has 0 fully saturated rings. The van der Waals surface area contributed by atoms with E-state index in [4.69, 9.17) is 10.5 Å². The van der Waals surface area contributed by atoms with Gasteiger partial charge in [-0.05, 0) is 24.8 Å². The van der Waals surface area contributed by atoms with Gasteiger partial charge >= 0.3 is 0 Å². The second kappa shape index (κ2) is 4.76. The number of aromatic nitrogens is 2. The lowest BCUT2D eigenvalue weighted by Crippen LogP contribution is -2.09. The highest BCUT2D eigenvalue weighted by Crippen LogP contribution is 2.23. The molecule has 2 aromatic rings. The summed E-state index contributed by atoms with van der Waals surface area (Å²) < 4.78 is 5.58. The van der Waals surface area contributed by atoms with Crippen LogP contribution in [0, 0.1) is 0 Å². The Kier molecular flexibility index (Phi) is 3.36. The average molecular weight is 237 g/mol. The molecule has 0 aliphatic heterocycles. The third kappa shape index (κ3) is 2.31. The monoisotopic (exact) mass is 237 g/mol. The molecule has 2 aromatic heterocycles. The van der Waals surface area contributed by atoms with E-state index in [2.05, 4.69) is 16.9 Å². The minimum atomic E-state index is 0.226. The Hall–Kier alpha value is -1.20. The van der Waals surface area contributed by atoms with Crippen LogP contribution in [0.15, 0.2) is 11.4 Å². The maximum atomic E-state index is 5.84. The molecule has 1 atom stereocenters. The lowest BCUT2D eigenvalue weighted by molar-refractivity contribution is 0.0470. The molecule has 5 heteroatoms. The molecule has 0 aromatic carbocycles. The van der Waals surface area contributed by atoms with Crippen LogP contribution in [0.2, 0.25) is 0 Å². The van der Waals surface area contributed by atoms with Gasteiger partial charge in [0.25, 0.3) is 0 Å². The fraction of sp³-hybridized carbons (Fsp3) is 0.455. The number of nitrogen functional groups attached to an aromatic ring is 1. The van der Waals surface area contributed by atoms with Crippen LogP contribution in [-0.2, 0) is 11.3 Å². The smallest absolute Gasteiger partial charge is 0.158 e. The molecule has 0 aliphatic rings. The summed E-state index contributed by atoms with van der Waals surface area (Å²) in [6.07, 6.45) is 1.21. The number of nitrogens with zero attached hydrogens (tertiary/aromatic N) is 2. The molecule has 0 spiro atoms. The van der Waals surface area contributed by atoms with Crippen molar-refractivity contribution < 1.29 is 4.74 Å². The van der Waals surface area contributed by atoms with Gasteiger partial charge in [-0.25, -0.2) is 9.97 Å². The molecule has 2 rings (SSSR count). The van der Waals surface area contributed by atoms with Gasteiger partial charge in [-0.1, -0.05) is 6.92 Å². The molecule has 0 saturated heterocycles. The van der Waals surface area contributed by atoms with Crippen molar-refractivity contribution in [3.63, 3.8) is 0 Å². The number of hydrogen-bond donors (Lipinski definition) is 1. The van der Waals surface area contributed by atoms with E-state index in [1.54, 1.807) is 11.3 Å². The molecule has 4 nitrogen and oxygen atoms in total. The van der Waals surface area contributed by atoms with E-state index in [-0.39, 0.29) is 6.10 Å². The second-order valence-electron chi connectivity index (χ2n) is 3.69. The highest BCUT2D eigenvalue weighted by atomic mass is 32.1. The summed E-state index contributed by atoms with van der Waals surface area (Å²) in [5.41, 5.74) is 5.84. The maximum Gasteiger partial charge on any atom is 0.158 e. The van der Waals surface area contributed by atoms with Gasteiger partial charge in [-0.3, -0.25) is 0 Å². The van der Waals surface area contributed by atoms with Crippen LogP contribution >= 0.6 is 11.3 Å². The van der Waals surface area contributed by atoms with E-state index >= 15 is 0 Å². The molecule has 1 unspecified atom stereocenters. The standard InChI is InChI=1S/C11H15N3OS/c1-3-7(2)15-6-9-13-10(12)8-4-5-16-11(8)14-9/h4-5,7H,3,6H2,1-2H3,(H2,12,13,14). The fourth-order valence-corrected chi connectivity index (χ4v) is 2.11. The van der Waals surface area contributed by atoms with Crippen molar-refractivity contribution in [1.29, 1.82) is 0 Å². The minimum absolute atomic E-state index is 0.226. The van der Waals surface area contributed by atoms with Gasteiger partial charge in [-0.2, -0.15) is 0 Å². The van der Waals surface area contributed by atoms with E-state index in [9.17, 15) is 0 Å². The zero-order chi connectivity index (χ0) is 11.5. The molecule has 0 bridgehead atoms. The van der Waals surface area contributed by atoms with Crippen molar-refractivity contribution in [2.75, 3.05) is 5.73 Å². The van der Waals surface area contributed by atoms with Gasteiger partial charge in [0.15, 0.2) is 5.82 Å². The zero-order valence-corrected chi connectivity index (χ0v) is 10.3. The van der Waals surface area contributed by atoms with Crippen molar-refractivity contribution in [2.45, 2.75) is 33.0 Å². The molecular weight excluding hydrogens is 222 g/mol. The van der Waals surface area contributed by atoms with Crippen molar-refractivity contribution in [2.24, 2.45) is 0 Å². The first kappa shape index (κ1) is 11.3. The quantitative estimate of drug-likeness (QED) is 0.887. The van der Waals surface area contributed by atoms with Gasteiger partial charge in [0.2, 0.25) is 0 Å². The van der Waals surface area contributed by atoms with Crippen LogP contribution in [0.25, 0.3) is 10.2 Å². The number of anilines is 1. The number of thiophene rings is 1. The Labute approximate surface area is 98.5 Å². The predicted octanol–water partition coefficient (Wildman–Crippen LogP) is 2.59. The van der Waals surface area contributed by atoms with E-state index in [1.807, 2.05) is 18.4 Å². The van der Waals surface area contributed by atoms with Crippen LogP contribution in [-0.4, -0.2) is 16.1 Å². The topological polar surface area (TPSA) is 61.0 Å². The van der Waals surface area contributed by atoms with Crippen molar-refractivity contribution in [3.8, 4) is 0 Å². The number of fused-ring (bicyclic) bond motifs is 1. The fourth-order valence-electron chi connectivity index (χ4n) is 1.32. The van der Waals surface area contributed by atoms with E-state index in [0.29, 0.717) is 18.2 Å². The molecule has 0 aliphatic carbocycles. The molecular formula is C11H15N3OS. The van der Waals surface area contributed by atoms with Gasteiger partial charge in [0.1, 0.15) is 17.3 Å². The van der Waals surface area contributed by atoms with Crippen LogP contribution < -0.4 is 5.73 Å². The highest BCUT2D eigenvalue weighted by Gasteiger charge is 2.07. The summed E-state index contributed by atoms with van der Waals surface area (Å²) in [6, 6.07) is 1.94. The Bertz CT molecular complexity index is 483. The SMILES string of the molecule is CCC(C)OCc1nc(N)c2ccsc2n1. The third-order valence-corrected chi connectivity index (χ3v) is 3.28. The van der Waals surface area contributed by atoms with Crippen molar-refractivity contribution in [1.82, 2.24) is 9.97 Å². The second-order valence-corrected chi connectivity index (χ2v) is 4.59. The summed E-state index contributed by atoms with van der Waals surface area (Å²) in [5, 5.41) is 2.90. The first-order valence-corrected chi connectivity index (χ1v) is 6.20. The Morgan fingerprint density at radius 3 is 3.06 bits per heavy atom. The molecule has 2 N–H and O–H groups in total. The van der Waals surface area contributed by atoms with Gasteiger partial charge < -0.3 is 10.5 Å². The zero-order valence-electron chi connectivity index (χ0n) is 9.43. The minimum Gasteiger partial charge on any atom is -0.383 e. The Morgan fingerprint density at radius 2 is 2.31 bits per heavy atom. The normalized spacial score (nSPS) is 13.1. The first-order valence-electron chi connectivity index (χ1n) is 5.32. The van der Waals surface area contributed by atoms with Gasteiger partial charge in [0.05, 0.1) is 11.5 Å². The van der Waals surface area contributed by atoms with Crippen molar-refractivity contribution in [3.05, 3.63) is 17.3 Å². The number of rotatable bonds is 4. The summed E-state index contributed by atoms with van der Waals surface area (Å²) in [5.74, 6) is 1.20. The van der Waals surface area contributed by atoms with Crippen molar-refractivity contribution >= 4 is 27.4 Å². The van der Waals surface area contributed by atoms with Crippen LogP contribution in [0.4, 0.5) is 5.82 Å². The average Bonchev–Trinajstić information content (AvgIpc) is 2.74. The number of hydrogen-bond acceptors (Lipinski definition) is 5. The Balaban J connectivity index is 2.18. The number of ether oxygens (including phenoxy) is 1. The maximum absolute atomic E-state index is 5.84. The lowest BCUT2D eigenvalue weighted by Gasteiger charge is -2.09. The number of nitrogens with two attached hydrogens (primary N) is 1.